The zero-order valence-electron chi connectivity index (χ0n) is 14.8. The van der Waals surface area contributed by atoms with Crippen molar-refractivity contribution in [1.82, 2.24) is 0 Å². The Morgan fingerprint density at radius 2 is 1.81 bits per heavy atom. The van der Waals surface area contributed by atoms with E-state index in [1.54, 1.807) is 37.3 Å². The normalized spacial score (nSPS) is 14.0. The Bertz CT molecular complexity index is 951. The van der Waals surface area contributed by atoms with Crippen molar-refractivity contribution < 1.29 is 19.1 Å². The molecule has 0 saturated heterocycles. The largest absolute Gasteiger partial charge is 0.462 e. The van der Waals surface area contributed by atoms with Crippen LogP contribution in [0.1, 0.15) is 22.8 Å². The summed E-state index contributed by atoms with van der Waals surface area (Å²) in [4.78, 5) is 38.2. The summed E-state index contributed by atoms with van der Waals surface area (Å²) in [7, 11) is 0. The second-order valence-corrected chi connectivity index (χ2v) is 6.27. The number of imide groups is 1. The minimum atomic E-state index is -0.655. The molecule has 6 nitrogen and oxygen atoms in total. The monoisotopic (exact) mass is 384 g/mol. The van der Waals surface area contributed by atoms with Crippen molar-refractivity contribution in [1.29, 1.82) is 0 Å². The number of carbonyl (C=O) groups excluding carboxylic acids is 3. The highest BCUT2D eigenvalue weighted by Crippen LogP contribution is 2.30. The predicted molar refractivity (Wildman–Crippen MR) is 103 cm³/mol. The third kappa shape index (κ3) is 3.71. The zero-order chi connectivity index (χ0) is 19.6. The highest BCUT2D eigenvalue weighted by Gasteiger charge is 2.39. The minimum absolute atomic E-state index is 0.00735. The van der Waals surface area contributed by atoms with Gasteiger partial charge in [-0.3, -0.25) is 9.59 Å². The molecule has 1 heterocycles. The molecule has 0 spiro atoms. The van der Waals surface area contributed by atoms with Crippen LogP contribution in [0.25, 0.3) is 0 Å². The number of hydrogen-bond acceptors (Lipinski definition) is 5. The maximum atomic E-state index is 12.8. The van der Waals surface area contributed by atoms with Crippen LogP contribution in [0.4, 0.5) is 11.4 Å². The van der Waals surface area contributed by atoms with E-state index in [1.165, 1.54) is 6.07 Å². The zero-order valence-corrected chi connectivity index (χ0v) is 15.5. The van der Waals surface area contributed by atoms with Crippen molar-refractivity contribution in [3.8, 4) is 0 Å². The lowest BCUT2D eigenvalue weighted by atomic mass is 10.2. The second-order valence-electron chi connectivity index (χ2n) is 5.90. The van der Waals surface area contributed by atoms with Gasteiger partial charge in [-0.2, -0.15) is 0 Å². The molecule has 0 saturated carbocycles. The maximum Gasteiger partial charge on any atom is 0.338 e. The van der Waals surface area contributed by atoms with Gasteiger partial charge in [0, 0.05) is 5.69 Å². The predicted octanol–water partition coefficient (Wildman–Crippen LogP) is 3.61. The standard InChI is InChI=1S/C20H17ClN2O4/c1-3-27-20(26)13-5-4-6-15(11-13)23-18(24)16(21)17(19(23)25)22-14-9-7-12(2)8-10-14/h4-11,22H,3H2,1-2H3. The molecular formula is C20H17ClN2O4. The van der Waals surface area contributed by atoms with Gasteiger partial charge in [0.1, 0.15) is 10.7 Å². The topological polar surface area (TPSA) is 75.7 Å². The van der Waals surface area contributed by atoms with Crippen molar-refractivity contribution in [2.45, 2.75) is 13.8 Å². The number of carbonyl (C=O) groups is 3. The minimum Gasteiger partial charge on any atom is -0.462 e. The van der Waals surface area contributed by atoms with Gasteiger partial charge in [-0.25, -0.2) is 9.69 Å². The van der Waals surface area contributed by atoms with Crippen LogP contribution in [0.5, 0.6) is 0 Å². The third-order valence-electron chi connectivity index (χ3n) is 3.96. The van der Waals surface area contributed by atoms with E-state index in [2.05, 4.69) is 5.32 Å². The summed E-state index contributed by atoms with van der Waals surface area (Å²) in [5, 5.41) is 2.69. The number of halogens is 1. The van der Waals surface area contributed by atoms with E-state index in [0.717, 1.165) is 10.5 Å². The number of amides is 2. The fourth-order valence-corrected chi connectivity index (χ4v) is 2.83. The van der Waals surface area contributed by atoms with Gasteiger partial charge in [0.25, 0.3) is 11.8 Å². The third-order valence-corrected chi connectivity index (χ3v) is 4.31. The van der Waals surface area contributed by atoms with Crippen LogP contribution < -0.4 is 10.2 Å². The summed E-state index contributed by atoms with van der Waals surface area (Å²) in [5.41, 5.74) is 2.18. The Hall–Kier alpha value is -3.12. The fourth-order valence-electron chi connectivity index (χ4n) is 2.61. The highest BCUT2D eigenvalue weighted by molar-refractivity contribution is 6.53. The first kappa shape index (κ1) is 18.7. The van der Waals surface area contributed by atoms with Gasteiger partial charge in [0.15, 0.2) is 0 Å². The van der Waals surface area contributed by atoms with Crippen LogP contribution in [-0.4, -0.2) is 24.4 Å². The molecule has 27 heavy (non-hydrogen) atoms. The number of ether oxygens (including phenoxy) is 1. The number of aryl methyl sites for hydroxylation is 1. The SMILES string of the molecule is CCOC(=O)c1cccc(N2C(=O)C(Cl)=C(Nc3ccc(C)cc3)C2=O)c1. The van der Waals surface area contributed by atoms with Crippen LogP contribution in [0, 0.1) is 6.92 Å². The Morgan fingerprint density at radius 1 is 1.11 bits per heavy atom. The van der Waals surface area contributed by atoms with Crippen molar-refractivity contribution >= 4 is 40.8 Å². The van der Waals surface area contributed by atoms with Gasteiger partial charge in [0.05, 0.1) is 17.9 Å². The van der Waals surface area contributed by atoms with Crippen LogP contribution in [0.3, 0.4) is 0 Å². The van der Waals surface area contributed by atoms with Crippen LogP contribution >= 0.6 is 11.6 Å². The molecule has 3 rings (SSSR count). The molecule has 1 N–H and O–H groups in total. The first-order valence-corrected chi connectivity index (χ1v) is 8.69. The van der Waals surface area contributed by atoms with Gasteiger partial charge in [-0.1, -0.05) is 35.4 Å². The molecule has 2 amide bonds. The number of hydrogen-bond donors (Lipinski definition) is 1. The molecule has 138 valence electrons. The molecule has 0 atom stereocenters. The quantitative estimate of drug-likeness (QED) is 0.629. The number of anilines is 2. The summed E-state index contributed by atoms with van der Waals surface area (Å²) >= 11 is 6.11. The Kier molecular flexibility index (Phi) is 5.28. The van der Waals surface area contributed by atoms with Crippen LogP contribution in [0.15, 0.2) is 59.3 Å². The molecule has 0 fully saturated rings. The Labute approximate surface area is 161 Å². The molecular weight excluding hydrogens is 368 g/mol. The lowest BCUT2D eigenvalue weighted by Crippen LogP contribution is -2.32. The average Bonchev–Trinajstić information content (AvgIpc) is 2.87. The van der Waals surface area contributed by atoms with E-state index in [0.29, 0.717) is 5.69 Å². The molecule has 2 aromatic rings. The van der Waals surface area contributed by atoms with E-state index in [4.69, 9.17) is 16.3 Å². The molecule has 0 aliphatic carbocycles. The molecule has 1 aliphatic heterocycles. The van der Waals surface area contributed by atoms with Crippen LogP contribution in [-0.2, 0) is 14.3 Å². The highest BCUT2D eigenvalue weighted by atomic mass is 35.5. The van der Waals surface area contributed by atoms with E-state index < -0.39 is 17.8 Å². The Morgan fingerprint density at radius 3 is 2.48 bits per heavy atom. The van der Waals surface area contributed by atoms with E-state index in [1.807, 2.05) is 19.1 Å². The van der Waals surface area contributed by atoms with Gasteiger partial charge < -0.3 is 10.1 Å². The number of esters is 1. The molecule has 0 radical (unpaired) electrons. The van der Waals surface area contributed by atoms with Gasteiger partial charge >= 0.3 is 5.97 Å². The smallest absolute Gasteiger partial charge is 0.338 e. The van der Waals surface area contributed by atoms with Gasteiger partial charge in [0.2, 0.25) is 0 Å². The lowest BCUT2D eigenvalue weighted by Gasteiger charge is -2.16. The molecule has 0 bridgehead atoms. The summed E-state index contributed by atoms with van der Waals surface area (Å²) in [6.07, 6.45) is 0. The molecule has 2 aromatic carbocycles. The molecule has 0 unspecified atom stereocenters. The van der Waals surface area contributed by atoms with Crippen molar-refractivity contribution in [2.75, 3.05) is 16.8 Å². The van der Waals surface area contributed by atoms with Crippen LogP contribution in [0.2, 0.25) is 0 Å². The van der Waals surface area contributed by atoms with E-state index >= 15 is 0 Å². The molecule has 0 aromatic heterocycles. The van der Waals surface area contributed by atoms with E-state index in [-0.39, 0.29) is 28.6 Å². The number of benzene rings is 2. The number of nitrogens with zero attached hydrogens (tertiary/aromatic N) is 1. The van der Waals surface area contributed by atoms with Gasteiger partial charge in [-0.15, -0.1) is 0 Å². The molecule has 1 aliphatic rings. The molecule has 7 heteroatoms. The Balaban J connectivity index is 1.88. The van der Waals surface area contributed by atoms with E-state index in [9.17, 15) is 14.4 Å². The number of rotatable bonds is 5. The maximum absolute atomic E-state index is 12.8. The number of nitrogens with one attached hydrogen (secondary N) is 1. The van der Waals surface area contributed by atoms with Crippen molar-refractivity contribution in [3.63, 3.8) is 0 Å². The van der Waals surface area contributed by atoms with Crippen molar-refractivity contribution in [2.24, 2.45) is 0 Å². The first-order valence-electron chi connectivity index (χ1n) is 8.31. The first-order chi connectivity index (χ1) is 12.9. The fraction of sp³-hybridized carbons (Fsp3) is 0.150. The lowest BCUT2D eigenvalue weighted by molar-refractivity contribution is -0.120. The summed E-state index contributed by atoms with van der Waals surface area (Å²) in [6, 6.07) is 13.4. The summed E-state index contributed by atoms with van der Waals surface area (Å²) in [6.45, 7) is 3.86. The summed E-state index contributed by atoms with van der Waals surface area (Å²) in [5.74, 6) is -1.78. The van der Waals surface area contributed by atoms with Gasteiger partial charge in [-0.05, 0) is 44.2 Å². The van der Waals surface area contributed by atoms with Crippen molar-refractivity contribution in [3.05, 3.63) is 70.4 Å². The summed E-state index contributed by atoms with van der Waals surface area (Å²) < 4.78 is 4.95. The second kappa shape index (κ2) is 7.63. The average molecular weight is 385 g/mol.